The molecule has 23 heavy (non-hydrogen) atoms. The number of carbonyl (C=O) groups is 1. The third kappa shape index (κ3) is 4.05. The van der Waals surface area contributed by atoms with Crippen molar-refractivity contribution < 1.29 is 19.1 Å². The number of furan rings is 1. The van der Waals surface area contributed by atoms with E-state index in [2.05, 4.69) is 10.3 Å². The average Bonchev–Trinajstić information content (AvgIpc) is 3.24. The molecular weight excluding hydrogens is 316 g/mol. The zero-order valence-electron chi connectivity index (χ0n) is 12.5. The van der Waals surface area contributed by atoms with Crippen LogP contribution in [0.15, 0.2) is 34.9 Å². The maximum absolute atomic E-state index is 12.4. The molecule has 3 rings (SSSR count). The summed E-state index contributed by atoms with van der Waals surface area (Å²) in [5, 5.41) is 11.7. The van der Waals surface area contributed by atoms with Crippen LogP contribution >= 0.6 is 11.8 Å². The standard InChI is InChI=1S/C16H18N2O4S/c19-9-12-4-3-11(21-12)8-18-15(20)14-2-1-6-17-16(14)22-13-5-7-23-10-13/h1-4,6,13,19H,5,7-10H2,(H,18,20). The Morgan fingerprint density at radius 3 is 3.04 bits per heavy atom. The van der Waals surface area contributed by atoms with Gasteiger partial charge in [-0.2, -0.15) is 11.8 Å². The molecule has 1 amide bonds. The van der Waals surface area contributed by atoms with Crippen LogP contribution in [0.4, 0.5) is 0 Å². The Morgan fingerprint density at radius 2 is 2.30 bits per heavy atom. The van der Waals surface area contributed by atoms with E-state index >= 15 is 0 Å². The van der Waals surface area contributed by atoms with Gasteiger partial charge in [-0.15, -0.1) is 0 Å². The normalized spacial score (nSPS) is 17.2. The second kappa shape index (κ2) is 7.52. The van der Waals surface area contributed by atoms with Gasteiger partial charge in [-0.25, -0.2) is 4.98 Å². The molecule has 0 aliphatic carbocycles. The molecule has 2 aromatic heterocycles. The smallest absolute Gasteiger partial charge is 0.257 e. The van der Waals surface area contributed by atoms with Gasteiger partial charge in [0.05, 0.1) is 6.54 Å². The largest absolute Gasteiger partial charge is 0.473 e. The first-order valence-electron chi connectivity index (χ1n) is 7.42. The van der Waals surface area contributed by atoms with Crippen LogP contribution in [0.1, 0.15) is 28.3 Å². The third-order valence-electron chi connectivity index (χ3n) is 3.48. The summed E-state index contributed by atoms with van der Waals surface area (Å²) < 4.78 is 11.2. The number of hydrogen-bond donors (Lipinski definition) is 2. The van der Waals surface area contributed by atoms with E-state index in [0.717, 1.165) is 17.9 Å². The fraction of sp³-hybridized carbons (Fsp3) is 0.375. The van der Waals surface area contributed by atoms with Crippen molar-refractivity contribution in [2.24, 2.45) is 0 Å². The number of hydrogen-bond acceptors (Lipinski definition) is 6. The number of pyridine rings is 1. The topological polar surface area (TPSA) is 84.6 Å². The van der Waals surface area contributed by atoms with E-state index in [4.69, 9.17) is 14.3 Å². The van der Waals surface area contributed by atoms with Crippen LogP contribution in [0.5, 0.6) is 5.88 Å². The third-order valence-corrected chi connectivity index (χ3v) is 4.61. The van der Waals surface area contributed by atoms with Gasteiger partial charge < -0.3 is 19.6 Å². The summed E-state index contributed by atoms with van der Waals surface area (Å²) in [6.45, 7) is 0.0837. The molecule has 0 saturated carbocycles. The first-order chi connectivity index (χ1) is 11.3. The predicted octanol–water partition coefficient (Wildman–Crippen LogP) is 1.98. The number of aliphatic hydroxyl groups is 1. The lowest BCUT2D eigenvalue weighted by atomic mass is 10.2. The summed E-state index contributed by atoms with van der Waals surface area (Å²) >= 11 is 1.84. The fourth-order valence-corrected chi connectivity index (χ4v) is 3.38. The Morgan fingerprint density at radius 1 is 1.43 bits per heavy atom. The van der Waals surface area contributed by atoms with Crippen molar-refractivity contribution >= 4 is 17.7 Å². The lowest BCUT2D eigenvalue weighted by Gasteiger charge is -2.14. The Labute approximate surface area is 138 Å². The highest BCUT2D eigenvalue weighted by Gasteiger charge is 2.21. The van der Waals surface area contributed by atoms with E-state index < -0.39 is 0 Å². The van der Waals surface area contributed by atoms with E-state index in [-0.39, 0.29) is 25.2 Å². The van der Waals surface area contributed by atoms with Crippen molar-refractivity contribution in [3.05, 3.63) is 47.5 Å². The van der Waals surface area contributed by atoms with Gasteiger partial charge >= 0.3 is 0 Å². The van der Waals surface area contributed by atoms with Crippen LogP contribution in [0, 0.1) is 0 Å². The molecule has 6 nitrogen and oxygen atoms in total. The van der Waals surface area contributed by atoms with Gasteiger partial charge in [0.1, 0.15) is 29.8 Å². The van der Waals surface area contributed by atoms with Gasteiger partial charge in [-0.05, 0) is 36.4 Å². The van der Waals surface area contributed by atoms with E-state index in [1.165, 1.54) is 0 Å². The second-order valence-electron chi connectivity index (χ2n) is 5.17. The van der Waals surface area contributed by atoms with E-state index in [1.807, 2.05) is 11.8 Å². The highest BCUT2D eigenvalue weighted by Crippen LogP contribution is 2.24. The Hall–Kier alpha value is -1.99. The van der Waals surface area contributed by atoms with Crippen LogP contribution < -0.4 is 10.1 Å². The molecule has 1 unspecified atom stereocenters. The number of thioether (sulfide) groups is 1. The zero-order valence-corrected chi connectivity index (χ0v) is 13.3. The van der Waals surface area contributed by atoms with Gasteiger partial charge in [-0.1, -0.05) is 0 Å². The van der Waals surface area contributed by atoms with Gasteiger partial charge in [-0.3, -0.25) is 4.79 Å². The average molecular weight is 334 g/mol. The second-order valence-corrected chi connectivity index (χ2v) is 6.32. The first kappa shape index (κ1) is 15.9. The maximum Gasteiger partial charge on any atom is 0.257 e. The van der Waals surface area contributed by atoms with Crippen LogP contribution in [0.2, 0.25) is 0 Å². The molecule has 1 atom stereocenters. The van der Waals surface area contributed by atoms with Crippen molar-refractivity contribution in [3.8, 4) is 5.88 Å². The predicted molar refractivity (Wildman–Crippen MR) is 86.4 cm³/mol. The molecule has 0 aromatic carbocycles. The molecule has 3 heterocycles. The molecule has 7 heteroatoms. The molecule has 1 aliphatic heterocycles. The van der Waals surface area contributed by atoms with Crippen LogP contribution in [0.25, 0.3) is 0 Å². The van der Waals surface area contributed by atoms with Crippen molar-refractivity contribution in [2.75, 3.05) is 11.5 Å². The van der Waals surface area contributed by atoms with Crippen LogP contribution in [-0.2, 0) is 13.2 Å². The molecule has 2 N–H and O–H groups in total. The number of aliphatic hydroxyl groups excluding tert-OH is 1. The first-order valence-corrected chi connectivity index (χ1v) is 8.58. The molecule has 1 aliphatic rings. The Balaban J connectivity index is 1.64. The summed E-state index contributed by atoms with van der Waals surface area (Å²) in [5.41, 5.74) is 0.415. The molecule has 1 saturated heterocycles. The van der Waals surface area contributed by atoms with Gasteiger partial charge in [0, 0.05) is 11.9 Å². The lowest BCUT2D eigenvalue weighted by Crippen LogP contribution is -2.25. The zero-order chi connectivity index (χ0) is 16.1. The highest BCUT2D eigenvalue weighted by molar-refractivity contribution is 7.99. The Kier molecular flexibility index (Phi) is 5.19. The Bertz CT molecular complexity index is 668. The summed E-state index contributed by atoms with van der Waals surface area (Å²) in [5.74, 6) is 3.16. The number of nitrogens with zero attached hydrogens (tertiary/aromatic N) is 1. The number of nitrogens with one attached hydrogen (secondary N) is 1. The van der Waals surface area contributed by atoms with Gasteiger partial charge in [0.15, 0.2) is 0 Å². The summed E-state index contributed by atoms with van der Waals surface area (Å²) in [6.07, 6.45) is 2.70. The van der Waals surface area contributed by atoms with E-state index in [9.17, 15) is 4.79 Å². The molecule has 122 valence electrons. The quantitative estimate of drug-likeness (QED) is 0.840. The minimum absolute atomic E-state index is 0.110. The number of amides is 1. The molecular formula is C16H18N2O4S. The maximum atomic E-state index is 12.4. The van der Waals surface area contributed by atoms with Gasteiger partial charge in [0.25, 0.3) is 5.91 Å². The molecule has 0 spiro atoms. The number of aromatic nitrogens is 1. The van der Waals surface area contributed by atoms with E-state index in [0.29, 0.717) is 23.0 Å². The highest BCUT2D eigenvalue weighted by atomic mass is 32.2. The summed E-state index contributed by atoms with van der Waals surface area (Å²) in [6, 6.07) is 6.81. The summed E-state index contributed by atoms with van der Waals surface area (Å²) in [4.78, 5) is 16.5. The van der Waals surface area contributed by atoms with Gasteiger partial charge in [0.2, 0.25) is 5.88 Å². The van der Waals surface area contributed by atoms with E-state index in [1.54, 1.807) is 30.5 Å². The number of carbonyl (C=O) groups excluding carboxylic acids is 1. The molecule has 2 aromatic rings. The summed E-state index contributed by atoms with van der Waals surface area (Å²) in [7, 11) is 0. The SMILES string of the molecule is O=C(NCc1ccc(CO)o1)c1cccnc1OC1CCSC1. The van der Waals surface area contributed by atoms with Crippen LogP contribution in [-0.4, -0.2) is 33.6 Å². The lowest BCUT2D eigenvalue weighted by molar-refractivity contribution is 0.0939. The monoisotopic (exact) mass is 334 g/mol. The number of rotatable bonds is 6. The van der Waals surface area contributed by atoms with Crippen molar-refractivity contribution in [1.29, 1.82) is 0 Å². The number of ether oxygens (including phenoxy) is 1. The fourth-order valence-electron chi connectivity index (χ4n) is 2.29. The minimum Gasteiger partial charge on any atom is -0.473 e. The molecule has 0 radical (unpaired) electrons. The van der Waals surface area contributed by atoms with Crippen molar-refractivity contribution in [1.82, 2.24) is 10.3 Å². The molecule has 1 fully saturated rings. The molecule has 0 bridgehead atoms. The minimum atomic E-state index is -0.263. The van der Waals surface area contributed by atoms with Crippen LogP contribution in [0.3, 0.4) is 0 Å². The van der Waals surface area contributed by atoms with Crippen molar-refractivity contribution in [2.45, 2.75) is 25.7 Å². The van der Waals surface area contributed by atoms with Crippen molar-refractivity contribution in [3.63, 3.8) is 0 Å².